The van der Waals surface area contributed by atoms with E-state index in [9.17, 15) is 9.59 Å². The molecule has 1 heterocycles. The highest BCUT2D eigenvalue weighted by atomic mass is 79.9. The number of hydrogen-bond acceptors (Lipinski definition) is 3. The molecule has 1 aromatic rings. The van der Waals surface area contributed by atoms with Gasteiger partial charge in [0.2, 0.25) is 12.3 Å². The van der Waals surface area contributed by atoms with Crippen molar-refractivity contribution in [2.75, 3.05) is 7.05 Å². The van der Waals surface area contributed by atoms with Crippen LogP contribution in [0.4, 0.5) is 0 Å². The predicted molar refractivity (Wildman–Crippen MR) is 80.4 cm³/mol. The second-order valence-corrected chi connectivity index (χ2v) is 4.22. The van der Waals surface area contributed by atoms with Crippen LogP contribution < -0.4 is 32.4 Å². The number of hydrazine groups is 1. The first-order valence-electron chi connectivity index (χ1n) is 6.06. The van der Waals surface area contributed by atoms with E-state index in [-0.39, 0.29) is 48.7 Å². The molecule has 0 spiro atoms. The van der Waals surface area contributed by atoms with Gasteiger partial charge in [-0.15, -0.1) is 0 Å². The monoisotopic (exact) mass is 371 g/mol. The zero-order valence-electron chi connectivity index (χ0n) is 11.6. The molecule has 1 aromatic heterocycles. The lowest BCUT2D eigenvalue weighted by molar-refractivity contribution is -0.684. The average molecular weight is 372 g/mol. The third-order valence-corrected chi connectivity index (χ3v) is 2.81. The van der Waals surface area contributed by atoms with E-state index in [2.05, 4.69) is 10.9 Å². The van der Waals surface area contributed by atoms with Crippen molar-refractivity contribution < 1.29 is 31.1 Å². The van der Waals surface area contributed by atoms with E-state index in [1.54, 1.807) is 36.1 Å². The van der Waals surface area contributed by atoms with E-state index in [0.29, 0.717) is 12.0 Å². The molecule has 114 valence electrons. The van der Waals surface area contributed by atoms with E-state index in [0.717, 1.165) is 5.57 Å². The fraction of sp³-hybridized carbons (Fsp3) is 0.214. The van der Waals surface area contributed by atoms with Crippen LogP contribution in [0.5, 0.6) is 0 Å². The Bertz CT molecular complexity index is 573. The number of ketones is 1. The van der Waals surface area contributed by atoms with Crippen molar-refractivity contribution in [3.05, 3.63) is 53.9 Å². The molecule has 1 amide bonds. The van der Waals surface area contributed by atoms with Gasteiger partial charge in [0.05, 0.1) is 0 Å². The molecule has 21 heavy (non-hydrogen) atoms. The molecular formula is C14H18BrN3O2S. The fourth-order valence-corrected chi connectivity index (χ4v) is 1.86. The summed E-state index contributed by atoms with van der Waals surface area (Å²) in [6.07, 6.45) is 9.80. The highest BCUT2D eigenvalue weighted by molar-refractivity contribution is 7.59. The Morgan fingerprint density at radius 3 is 2.76 bits per heavy atom. The summed E-state index contributed by atoms with van der Waals surface area (Å²) >= 11 is 0. The van der Waals surface area contributed by atoms with Crippen molar-refractivity contribution in [3.63, 3.8) is 0 Å². The van der Waals surface area contributed by atoms with Crippen LogP contribution in [0.1, 0.15) is 16.8 Å². The van der Waals surface area contributed by atoms with Gasteiger partial charge in [-0.1, -0.05) is 18.2 Å². The van der Waals surface area contributed by atoms with Gasteiger partial charge in [0.1, 0.15) is 5.56 Å². The van der Waals surface area contributed by atoms with Gasteiger partial charge in [-0.05, 0) is 12.5 Å². The number of nitrogens with zero attached hydrogens (tertiary/aromatic N) is 1. The zero-order valence-corrected chi connectivity index (χ0v) is 14.2. The Labute approximate surface area is 141 Å². The second kappa shape index (κ2) is 9.49. The van der Waals surface area contributed by atoms with E-state index in [1.165, 1.54) is 0 Å². The second-order valence-electron chi connectivity index (χ2n) is 4.22. The molecule has 5 nitrogen and oxygen atoms in total. The molecule has 7 heteroatoms. The van der Waals surface area contributed by atoms with Crippen molar-refractivity contribution in [1.82, 2.24) is 10.9 Å². The maximum absolute atomic E-state index is 12.0. The maximum Gasteiger partial charge on any atom is 0.271 e. The molecule has 2 N–H and O–H groups in total. The van der Waals surface area contributed by atoms with Crippen LogP contribution in [-0.4, -0.2) is 18.7 Å². The summed E-state index contributed by atoms with van der Waals surface area (Å²) in [5.41, 5.74) is 6.37. The Hall–Kier alpha value is -1.44. The third-order valence-electron chi connectivity index (χ3n) is 2.81. The summed E-state index contributed by atoms with van der Waals surface area (Å²) in [6, 6.07) is 3.45. The molecule has 0 atom stereocenters. The van der Waals surface area contributed by atoms with Crippen molar-refractivity contribution in [2.45, 2.75) is 13.0 Å². The fourth-order valence-electron chi connectivity index (χ4n) is 1.86. The lowest BCUT2D eigenvalue weighted by atomic mass is 10.1. The van der Waals surface area contributed by atoms with E-state index in [4.69, 9.17) is 0 Å². The van der Waals surface area contributed by atoms with E-state index < -0.39 is 0 Å². The van der Waals surface area contributed by atoms with Gasteiger partial charge in [0.25, 0.3) is 5.91 Å². The molecule has 0 bridgehead atoms. The first-order chi connectivity index (χ1) is 9.20. The quantitative estimate of drug-likeness (QED) is 0.441. The van der Waals surface area contributed by atoms with Crippen LogP contribution in [0, 0.1) is 0 Å². The van der Waals surface area contributed by atoms with Crippen LogP contribution in [0.3, 0.4) is 0 Å². The number of Topliss-reactive ketones (excluding diaryl/α,β-unsaturated/α-hetero) is 1. The smallest absolute Gasteiger partial charge is 0.271 e. The van der Waals surface area contributed by atoms with Gasteiger partial charge >= 0.3 is 0 Å². The number of allylic oxidation sites excluding steroid dienone is 4. The average Bonchev–Trinajstić information content (AvgIpc) is 2.93. The van der Waals surface area contributed by atoms with Crippen LogP contribution in [0.2, 0.25) is 0 Å². The number of carbonyl (C=O) groups excluding carboxylic acids is 2. The van der Waals surface area contributed by atoms with Gasteiger partial charge in [-0.3, -0.25) is 15.0 Å². The summed E-state index contributed by atoms with van der Waals surface area (Å²) in [5, 5.41) is 0. The maximum atomic E-state index is 12.0. The lowest BCUT2D eigenvalue weighted by Crippen LogP contribution is -3.00. The van der Waals surface area contributed by atoms with Crippen LogP contribution in [0.25, 0.3) is 0 Å². The molecule has 0 fully saturated rings. The Balaban J connectivity index is 0.00000200. The number of nitrogens with one attached hydrogen (secondary N) is 2. The van der Waals surface area contributed by atoms with E-state index in [1.807, 2.05) is 18.2 Å². The number of hydrogen-bond donors (Lipinski definition) is 2. The first kappa shape index (κ1) is 19.6. The van der Waals surface area contributed by atoms with E-state index >= 15 is 0 Å². The molecule has 2 rings (SSSR count). The standard InChI is InChI=1S/C14H15N3O2.BrH.H2S/c1-15-16-14(19)12-7-4-8-17(9-12)10-13(18)11-5-2-3-6-11;;/h2-5,7-9,15H,6,10H2,1H3;1H;1H2. The summed E-state index contributed by atoms with van der Waals surface area (Å²) in [5.74, 6) is -0.160. The van der Waals surface area contributed by atoms with Crippen molar-refractivity contribution in [2.24, 2.45) is 0 Å². The molecule has 0 aromatic carbocycles. The number of halogens is 1. The van der Waals surface area contributed by atoms with Crippen molar-refractivity contribution >= 4 is 25.2 Å². The van der Waals surface area contributed by atoms with Gasteiger partial charge in [-0.25, -0.2) is 5.43 Å². The zero-order chi connectivity index (χ0) is 13.7. The predicted octanol–water partition coefficient (Wildman–Crippen LogP) is -2.59. The molecular weight excluding hydrogens is 354 g/mol. The topological polar surface area (TPSA) is 62.1 Å². The minimum Gasteiger partial charge on any atom is -1.00 e. The molecule has 0 aliphatic heterocycles. The van der Waals surface area contributed by atoms with Gasteiger partial charge in [0.15, 0.2) is 12.4 Å². The van der Waals surface area contributed by atoms with Gasteiger partial charge in [0, 0.05) is 18.7 Å². The lowest BCUT2D eigenvalue weighted by Gasteiger charge is -2.02. The minimum absolute atomic E-state index is 0. The summed E-state index contributed by atoms with van der Waals surface area (Å²) in [7, 11) is 1.62. The normalized spacial score (nSPS) is 12.0. The van der Waals surface area contributed by atoms with Crippen LogP contribution in [-0.2, 0) is 11.3 Å². The SMILES string of the molecule is CNNC(=O)c1ccc[n+](CC(=O)C2=CC=CC2)c1.S.[Br-]. The van der Waals surface area contributed by atoms with Gasteiger partial charge < -0.3 is 17.0 Å². The highest BCUT2D eigenvalue weighted by Crippen LogP contribution is 2.11. The Morgan fingerprint density at radius 1 is 1.38 bits per heavy atom. The molecule has 1 aliphatic carbocycles. The number of aromatic nitrogens is 1. The first-order valence-corrected chi connectivity index (χ1v) is 6.06. The molecule has 0 saturated carbocycles. The Kier molecular flexibility index (Phi) is 8.84. The largest absolute Gasteiger partial charge is 1.00 e. The minimum atomic E-state index is -0.231. The van der Waals surface area contributed by atoms with Crippen LogP contribution >= 0.6 is 13.5 Å². The number of amides is 1. The summed E-state index contributed by atoms with van der Waals surface area (Å²) in [6.45, 7) is 0.244. The highest BCUT2D eigenvalue weighted by Gasteiger charge is 2.17. The number of carbonyl (C=O) groups is 2. The van der Waals surface area contributed by atoms with Crippen LogP contribution in [0.15, 0.2) is 48.3 Å². The van der Waals surface area contributed by atoms with Gasteiger partial charge in [-0.2, -0.15) is 18.1 Å². The number of pyridine rings is 1. The molecule has 0 unspecified atom stereocenters. The molecule has 0 saturated heterocycles. The third kappa shape index (κ3) is 5.45. The Morgan fingerprint density at radius 2 is 2.14 bits per heavy atom. The van der Waals surface area contributed by atoms with Crippen molar-refractivity contribution in [1.29, 1.82) is 0 Å². The molecule has 0 radical (unpaired) electrons. The molecule has 1 aliphatic rings. The summed E-state index contributed by atoms with van der Waals surface area (Å²) < 4.78 is 1.71. The van der Waals surface area contributed by atoms with Crippen molar-refractivity contribution in [3.8, 4) is 0 Å². The summed E-state index contributed by atoms with van der Waals surface area (Å²) in [4.78, 5) is 23.6. The number of rotatable bonds is 5.